The van der Waals surface area contributed by atoms with Gasteiger partial charge in [0.2, 0.25) is 0 Å². The summed E-state index contributed by atoms with van der Waals surface area (Å²) >= 11 is 3.35. The Morgan fingerprint density at radius 2 is 2.00 bits per heavy atom. The van der Waals surface area contributed by atoms with Gasteiger partial charge in [-0.05, 0) is 15.9 Å². The predicted octanol–water partition coefficient (Wildman–Crippen LogP) is 2.45. The Hall–Kier alpha value is -1.88. The van der Waals surface area contributed by atoms with E-state index in [1.54, 1.807) is 6.20 Å². The quantitative estimate of drug-likeness (QED) is 0.748. The molecule has 84 valence electrons. The van der Waals surface area contributed by atoms with Crippen molar-refractivity contribution in [1.82, 2.24) is 14.6 Å². The van der Waals surface area contributed by atoms with Crippen molar-refractivity contribution in [3.63, 3.8) is 0 Å². The molecule has 2 heterocycles. The van der Waals surface area contributed by atoms with Gasteiger partial charge in [-0.2, -0.15) is 0 Å². The smallest absolute Gasteiger partial charge is 0.273 e. The number of benzene rings is 1. The second-order valence-electron chi connectivity index (χ2n) is 3.63. The summed E-state index contributed by atoms with van der Waals surface area (Å²) in [6.45, 7) is 0. The average Bonchev–Trinajstić information content (AvgIpc) is 2.73. The van der Waals surface area contributed by atoms with E-state index < -0.39 is 0 Å². The summed E-state index contributed by atoms with van der Waals surface area (Å²) in [6, 6.07) is 11.2. The summed E-state index contributed by atoms with van der Waals surface area (Å²) in [5, 5.41) is 2.83. The van der Waals surface area contributed by atoms with Gasteiger partial charge < -0.3 is 0 Å². The van der Waals surface area contributed by atoms with E-state index in [1.807, 2.05) is 30.3 Å². The van der Waals surface area contributed by atoms with Gasteiger partial charge in [0.15, 0.2) is 5.65 Å². The van der Waals surface area contributed by atoms with Crippen molar-refractivity contribution in [3.05, 3.63) is 57.4 Å². The van der Waals surface area contributed by atoms with Crippen molar-refractivity contribution < 1.29 is 0 Å². The van der Waals surface area contributed by atoms with Gasteiger partial charge in [0.05, 0.1) is 10.2 Å². The van der Waals surface area contributed by atoms with Gasteiger partial charge in [0.25, 0.3) is 5.56 Å². The maximum atomic E-state index is 11.9. The molecule has 17 heavy (non-hydrogen) atoms. The van der Waals surface area contributed by atoms with Crippen LogP contribution in [-0.4, -0.2) is 14.6 Å². The van der Waals surface area contributed by atoms with Crippen LogP contribution in [0.1, 0.15) is 0 Å². The molecule has 4 nitrogen and oxygen atoms in total. The number of nitrogens with one attached hydrogen (secondary N) is 1. The van der Waals surface area contributed by atoms with Crippen molar-refractivity contribution in [2.45, 2.75) is 0 Å². The number of rotatable bonds is 1. The highest BCUT2D eigenvalue weighted by atomic mass is 79.9. The monoisotopic (exact) mass is 289 g/mol. The summed E-state index contributed by atoms with van der Waals surface area (Å²) in [7, 11) is 0. The second-order valence-corrected chi connectivity index (χ2v) is 4.48. The lowest BCUT2D eigenvalue weighted by molar-refractivity contribution is 0.901. The van der Waals surface area contributed by atoms with E-state index >= 15 is 0 Å². The molecule has 0 bridgehead atoms. The second kappa shape index (κ2) is 3.85. The third-order valence-electron chi connectivity index (χ3n) is 2.52. The number of aromatic nitrogens is 3. The lowest BCUT2D eigenvalue weighted by Crippen LogP contribution is -2.14. The third-order valence-corrected chi connectivity index (χ3v) is 3.11. The number of hydrogen-bond donors (Lipinski definition) is 1. The zero-order valence-corrected chi connectivity index (χ0v) is 10.3. The lowest BCUT2D eigenvalue weighted by atomic mass is 10.1. The Morgan fingerprint density at radius 1 is 1.24 bits per heavy atom. The highest BCUT2D eigenvalue weighted by molar-refractivity contribution is 9.10. The summed E-state index contributed by atoms with van der Waals surface area (Å²) in [5.74, 6) is 0. The highest BCUT2D eigenvalue weighted by Crippen LogP contribution is 2.19. The topological polar surface area (TPSA) is 50.2 Å². The van der Waals surface area contributed by atoms with Crippen LogP contribution in [-0.2, 0) is 0 Å². The van der Waals surface area contributed by atoms with Crippen LogP contribution < -0.4 is 5.56 Å². The average molecular weight is 290 g/mol. The first-order valence-electron chi connectivity index (χ1n) is 5.08. The molecule has 0 aliphatic heterocycles. The molecule has 0 saturated carbocycles. The van der Waals surface area contributed by atoms with Gasteiger partial charge in [-0.15, -0.1) is 0 Å². The Morgan fingerprint density at radius 3 is 2.76 bits per heavy atom. The first kappa shape index (κ1) is 10.3. The number of halogens is 1. The molecule has 0 aliphatic rings. The predicted molar refractivity (Wildman–Crippen MR) is 68.9 cm³/mol. The first-order chi connectivity index (χ1) is 8.25. The van der Waals surface area contributed by atoms with Crippen molar-refractivity contribution in [2.75, 3.05) is 0 Å². The molecule has 0 fully saturated rings. The molecule has 3 aromatic rings. The fourth-order valence-corrected chi connectivity index (χ4v) is 2.08. The molecule has 0 atom stereocenters. The summed E-state index contributed by atoms with van der Waals surface area (Å²) < 4.78 is 2.17. The van der Waals surface area contributed by atoms with Gasteiger partial charge in [0.1, 0.15) is 0 Å². The molecule has 0 spiro atoms. The molecule has 1 aromatic carbocycles. The molecule has 0 unspecified atom stereocenters. The van der Waals surface area contributed by atoms with Crippen LogP contribution >= 0.6 is 15.9 Å². The zero-order valence-electron chi connectivity index (χ0n) is 8.72. The molecule has 3 rings (SSSR count). The van der Waals surface area contributed by atoms with Gasteiger partial charge in [-0.1, -0.05) is 30.3 Å². The minimum Gasteiger partial charge on any atom is -0.296 e. The number of nitrogens with zero attached hydrogens (tertiary/aromatic N) is 2. The van der Waals surface area contributed by atoms with Crippen LogP contribution in [0.25, 0.3) is 16.9 Å². The third kappa shape index (κ3) is 1.68. The highest BCUT2D eigenvalue weighted by Gasteiger charge is 2.07. The van der Waals surface area contributed by atoms with Crippen LogP contribution in [0.2, 0.25) is 0 Å². The number of aromatic amines is 1. The molecule has 0 aliphatic carbocycles. The van der Waals surface area contributed by atoms with Crippen LogP contribution in [0.15, 0.2) is 51.9 Å². The molecule has 0 radical (unpaired) electrons. The van der Waals surface area contributed by atoms with E-state index in [4.69, 9.17) is 0 Å². The van der Waals surface area contributed by atoms with Gasteiger partial charge >= 0.3 is 0 Å². The van der Waals surface area contributed by atoms with E-state index in [2.05, 4.69) is 26.0 Å². The van der Waals surface area contributed by atoms with E-state index in [0.717, 1.165) is 10.0 Å². The number of H-pyrrole nitrogens is 1. The molecule has 2 aromatic heterocycles. The van der Waals surface area contributed by atoms with Crippen molar-refractivity contribution in [1.29, 1.82) is 0 Å². The van der Waals surface area contributed by atoms with Crippen LogP contribution in [0, 0.1) is 0 Å². The maximum Gasteiger partial charge on any atom is 0.273 e. The van der Waals surface area contributed by atoms with E-state index in [-0.39, 0.29) is 5.56 Å². The van der Waals surface area contributed by atoms with Crippen molar-refractivity contribution >= 4 is 21.6 Å². The van der Waals surface area contributed by atoms with Gasteiger partial charge in [0, 0.05) is 17.8 Å². The molecule has 0 amide bonds. The molecular formula is C12H8BrN3O. The number of fused-ring (bicyclic) bond motifs is 1. The first-order valence-corrected chi connectivity index (χ1v) is 5.87. The van der Waals surface area contributed by atoms with E-state index in [0.29, 0.717) is 11.3 Å². The Kier molecular flexibility index (Phi) is 2.33. The van der Waals surface area contributed by atoms with Crippen LogP contribution in [0.5, 0.6) is 0 Å². The maximum absolute atomic E-state index is 11.9. The Labute approximate surface area is 105 Å². The molecule has 0 saturated heterocycles. The lowest BCUT2D eigenvalue weighted by Gasteiger charge is -2.00. The van der Waals surface area contributed by atoms with Crippen molar-refractivity contribution in [3.8, 4) is 11.3 Å². The van der Waals surface area contributed by atoms with Crippen LogP contribution in [0.4, 0.5) is 0 Å². The van der Waals surface area contributed by atoms with E-state index in [1.165, 1.54) is 10.6 Å². The molecule has 5 heteroatoms. The van der Waals surface area contributed by atoms with Crippen LogP contribution in [0.3, 0.4) is 0 Å². The summed E-state index contributed by atoms with van der Waals surface area (Å²) in [5.41, 5.74) is 2.08. The summed E-state index contributed by atoms with van der Waals surface area (Å²) in [6.07, 6.45) is 1.69. The minimum absolute atomic E-state index is 0.125. The zero-order chi connectivity index (χ0) is 11.8. The van der Waals surface area contributed by atoms with Gasteiger partial charge in [-0.3, -0.25) is 9.89 Å². The minimum atomic E-state index is -0.125. The fourth-order valence-electron chi connectivity index (χ4n) is 1.71. The van der Waals surface area contributed by atoms with E-state index in [9.17, 15) is 4.79 Å². The fraction of sp³-hybridized carbons (Fsp3) is 0. The standard InChI is InChI=1S/C12H8BrN3O/c13-9-7-14-16-11(17)6-10(15-12(9)16)8-4-2-1-3-5-8/h1-7,14H. The number of hydrogen-bond acceptors (Lipinski definition) is 2. The largest absolute Gasteiger partial charge is 0.296 e. The molecule has 1 N–H and O–H groups in total. The molecular weight excluding hydrogens is 282 g/mol. The normalized spacial score (nSPS) is 10.9. The van der Waals surface area contributed by atoms with Gasteiger partial charge in [-0.25, -0.2) is 9.50 Å². The summed E-state index contributed by atoms with van der Waals surface area (Å²) in [4.78, 5) is 16.3. The van der Waals surface area contributed by atoms with Crippen molar-refractivity contribution in [2.24, 2.45) is 0 Å². The Balaban J connectivity index is 2.32. The Bertz CT molecular complexity index is 730. The SMILES string of the molecule is O=c1cc(-c2ccccc2)nc2c(Br)c[nH]n12.